The van der Waals surface area contributed by atoms with E-state index in [0.29, 0.717) is 33.7 Å². The molecule has 1 amide bonds. The van der Waals surface area contributed by atoms with Crippen LogP contribution in [0.1, 0.15) is 17.0 Å². The molecular formula is C22H18F3N3O3. The van der Waals surface area contributed by atoms with Crippen LogP contribution in [-0.2, 0) is 17.7 Å². The molecule has 0 fully saturated rings. The van der Waals surface area contributed by atoms with Gasteiger partial charge in [0.15, 0.2) is 5.76 Å². The lowest BCUT2D eigenvalue weighted by molar-refractivity contribution is 0.146. The van der Waals surface area contributed by atoms with E-state index in [4.69, 9.17) is 9.26 Å². The minimum atomic E-state index is -0.745. The highest BCUT2D eigenvalue weighted by Crippen LogP contribution is 2.33. The van der Waals surface area contributed by atoms with Crippen molar-refractivity contribution in [2.75, 3.05) is 6.61 Å². The van der Waals surface area contributed by atoms with E-state index in [2.05, 4.69) is 15.5 Å². The monoisotopic (exact) mass is 429 g/mol. The summed E-state index contributed by atoms with van der Waals surface area (Å²) in [4.78, 5) is 14.9. The molecule has 0 spiro atoms. The zero-order valence-electron chi connectivity index (χ0n) is 16.5. The van der Waals surface area contributed by atoms with Gasteiger partial charge in [0, 0.05) is 29.6 Å². The number of carbonyl (C=O) groups is 1. The Morgan fingerprint density at radius 1 is 1.13 bits per heavy atom. The molecule has 2 aromatic heterocycles. The highest BCUT2D eigenvalue weighted by Gasteiger charge is 2.18. The number of fused-ring (bicyclic) bond motifs is 1. The highest BCUT2D eigenvalue weighted by atomic mass is 19.1. The summed E-state index contributed by atoms with van der Waals surface area (Å²) in [7, 11) is 0. The third-order valence-electron chi connectivity index (χ3n) is 4.73. The SMILES string of the molecule is Cc1cc(CNC(=O)OCCc2c(-c3ccc(F)cc3)[nH]c3c(F)cc(F)cc23)on1. The van der Waals surface area contributed by atoms with Crippen molar-refractivity contribution in [1.29, 1.82) is 0 Å². The second-order valence-electron chi connectivity index (χ2n) is 6.97. The van der Waals surface area contributed by atoms with Crippen LogP contribution in [0.25, 0.3) is 22.2 Å². The zero-order chi connectivity index (χ0) is 22.0. The Hall–Kier alpha value is -3.75. The van der Waals surface area contributed by atoms with Crippen molar-refractivity contribution in [2.45, 2.75) is 19.9 Å². The van der Waals surface area contributed by atoms with Gasteiger partial charge in [0.1, 0.15) is 17.5 Å². The smallest absolute Gasteiger partial charge is 0.407 e. The van der Waals surface area contributed by atoms with Crippen molar-refractivity contribution >= 4 is 17.0 Å². The fourth-order valence-corrected chi connectivity index (χ4v) is 3.35. The molecule has 4 rings (SSSR count). The van der Waals surface area contributed by atoms with E-state index < -0.39 is 23.5 Å². The molecule has 2 N–H and O–H groups in total. The van der Waals surface area contributed by atoms with Crippen LogP contribution in [0.3, 0.4) is 0 Å². The molecule has 0 saturated carbocycles. The van der Waals surface area contributed by atoms with Gasteiger partial charge in [-0.3, -0.25) is 0 Å². The lowest BCUT2D eigenvalue weighted by Crippen LogP contribution is -2.24. The van der Waals surface area contributed by atoms with E-state index in [-0.39, 0.29) is 25.1 Å². The quantitative estimate of drug-likeness (QED) is 0.451. The van der Waals surface area contributed by atoms with E-state index in [0.717, 1.165) is 6.07 Å². The number of carbonyl (C=O) groups excluding carboxylic acids is 1. The summed E-state index contributed by atoms with van der Waals surface area (Å²) < 4.78 is 51.6. The van der Waals surface area contributed by atoms with Crippen molar-refractivity contribution in [2.24, 2.45) is 0 Å². The van der Waals surface area contributed by atoms with Gasteiger partial charge in [-0.1, -0.05) is 5.16 Å². The fraction of sp³-hybridized carbons (Fsp3) is 0.182. The van der Waals surface area contributed by atoms with Crippen LogP contribution in [-0.4, -0.2) is 22.8 Å². The average Bonchev–Trinajstić information content (AvgIpc) is 3.31. The molecule has 9 heteroatoms. The highest BCUT2D eigenvalue weighted by molar-refractivity contribution is 5.91. The van der Waals surface area contributed by atoms with Crippen molar-refractivity contribution in [3.63, 3.8) is 0 Å². The summed E-state index contributed by atoms with van der Waals surface area (Å²) in [5.41, 5.74) is 2.47. The molecule has 0 atom stereocenters. The van der Waals surface area contributed by atoms with Crippen LogP contribution >= 0.6 is 0 Å². The molecular weight excluding hydrogens is 411 g/mol. The second-order valence-corrected chi connectivity index (χ2v) is 6.97. The van der Waals surface area contributed by atoms with Crippen LogP contribution in [0.5, 0.6) is 0 Å². The zero-order valence-corrected chi connectivity index (χ0v) is 16.5. The van der Waals surface area contributed by atoms with Crippen molar-refractivity contribution < 1.29 is 27.2 Å². The summed E-state index contributed by atoms with van der Waals surface area (Å²) in [6, 6.07) is 9.29. The molecule has 0 unspecified atom stereocenters. The Labute approximate surface area is 175 Å². The van der Waals surface area contributed by atoms with Gasteiger partial charge < -0.3 is 19.6 Å². The molecule has 160 valence electrons. The molecule has 0 radical (unpaired) electrons. The number of halogens is 3. The largest absolute Gasteiger partial charge is 0.449 e. The van der Waals surface area contributed by atoms with E-state index in [1.165, 1.54) is 30.3 Å². The molecule has 2 aromatic carbocycles. The number of rotatable bonds is 6. The summed E-state index contributed by atoms with van der Waals surface area (Å²) >= 11 is 0. The van der Waals surface area contributed by atoms with Crippen molar-refractivity contribution in [3.05, 3.63) is 76.9 Å². The van der Waals surface area contributed by atoms with Gasteiger partial charge in [-0.05, 0) is 48.4 Å². The number of benzene rings is 2. The van der Waals surface area contributed by atoms with E-state index in [1.807, 2.05) is 0 Å². The summed E-state index contributed by atoms with van der Waals surface area (Å²) in [5.74, 6) is -1.40. The Morgan fingerprint density at radius 3 is 2.61 bits per heavy atom. The number of alkyl carbamates (subject to hydrolysis) is 1. The molecule has 31 heavy (non-hydrogen) atoms. The maximum atomic E-state index is 14.3. The van der Waals surface area contributed by atoms with Gasteiger partial charge in [0.25, 0.3) is 0 Å². The normalized spacial score (nSPS) is 11.1. The van der Waals surface area contributed by atoms with Crippen LogP contribution in [0, 0.1) is 24.4 Å². The van der Waals surface area contributed by atoms with Gasteiger partial charge in [0.2, 0.25) is 0 Å². The molecule has 4 aromatic rings. The van der Waals surface area contributed by atoms with Crippen molar-refractivity contribution in [1.82, 2.24) is 15.5 Å². The molecule has 0 aliphatic heterocycles. The Bertz CT molecular complexity index is 1230. The van der Waals surface area contributed by atoms with Crippen LogP contribution in [0.2, 0.25) is 0 Å². The summed E-state index contributed by atoms with van der Waals surface area (Å²) in [5, 5.41) is 6.59. The number of nitrogens with zero attached hydrogens (tertiary/aromatic N) is 1. The number of nitrogens with one attached hydrogen (secondary N) is 2. The maximum Gasteiger partial charge on any atom is 0.407 e. The van der Waals surface area contributed by atoms with Crippen LogP contribution in [0.15, 0.2) is 47.0 Å². The summed E-state index contributed by atoms with van der Waals surface area (Å²) in [6.45, 7) is 1.83. The molecule has 0 saturated heterocycles. The number of amides is 1. The molecule has 0 aliphatic rings. The molecule has 0 bridgehead atoms. The van der Waals surface area contributed by atoms with Crippen LogP contribution in [0.4, 0.5) is 18.0 Å². The first-order valence-corrected chi connectivity index (χ1v) is 9.49. The van der Waals surface area contributed by atoms with Gasteiger partial charge in [-0.15, -0.1) is 0 Å². The second kappa shape index (κ2) is 8.55. The van der Waals surface area contributed by atoms with E-state index >= 15 is 0 Å². The molecule has 0 aliphatic carbocycles. The Morgan fingerprint density at radius 2 is 1.90 bits per heavy atom. The molecule has 2 heterocycles. The Balaban J connectivity index is 1.52. The number of hydrogen-bond donors (Lipinski definition) is 2. The number of aromatic nitrogens is 2. The van der Waals surface area contributed by atoms with Crippen molar-refractivity contribution in [3.8, 4) is 11.3 Å². The number of H-pyrrole nitrogens is 1. The fourth-order valence-electron chi connectivity index (χ4n) is 3.35. The predicted molar refractivity (Wildman–Crippen MR) is 107 cm³/mol. The van der Waals surface area contributed by atoms with E-state index in [9.17, 15) is 18.0 Å². The third-order valence-corrected chi connectivity index (χ3v) is 4.73. The van der Waals surface area contributed by atoms with Gasteiger partial charge >= 0.3 is 6.09 Å². The number of hydrogen-bond acceptors (Lipinski definition) is 4. The minimum absolute atomic E-state index is 0.0411. The first-order valence-electron chi connectivity index (χ1n) is 9.49. The third kappa shape index (κ3) is 4.55. The standard InChI is InChI=1S/C22H18F3N3O3/c1-12-8-16(31-28-12)11-26-22(29)30-7-6-17-18-9-15(24)10-19(25)21(18)27-20(17)13-2-4-14(23)5-3-13/h2-5,8-10,27H,6-7,11H2,1H3,(H,26,29). The number of aryl methyl sites for hydroxylation is 1. The minimum Gasteiger partial charge on any atom is -0.449 e. The lowest BCUT2D eigenvalue weighted by Gasteiger charge is -2.08. The van der Waals surface area contributed by atoms with Crippen LogP contribution < -0.4 is 5.32 Å². The average molecular weight is 429 g/mol. The Kier molecular flexibility index (Phi) is 5.66. The maximum absolute atomic E-state index is 14.3. The van der Waals surface area contributed by atoms with Gasteiger partial charge in [-0.2, -0.15) is 0 Å². The number of aromatic amines is 1. The first-order chi connectivity index (χ1) is 14.9. The summed E-state index contributed by atoms with van der Waals surface area (Å²) in [6.07, 6.45) is -0.487. The predicted octanol–water partition coefficient (Wildman–Crippen LogP) is 5.02. The lowest BCUT2D eigenvalue weighted by atomic mass is 10.0. The topological polar surface area (TPSA) is 80.1 Å². The first kappa shape index (κ1) is 20.5. The van der Waals surface area contributed by atoms with Gasteiger partial charge in [0.05, 0.1) is 24.4 Å². The van der Waals surface area contributed by atoms with E-state index in [1.54, 1.807) is 13.0 Å². The molecule has 6 nitrogen and oxygen atoms in total. The van der Waals surface area contributed by atoms with Gasteiger partial charge in [-0.25, -0.2) is 18.0 Å². The number of ether oxygens (including phenoxy) is 1.